The summed E-state index contributed by atoms with van der Waals surface area (Å²) in [5, 5.41) is -0.157. The number of esters is 1. The lowest BCUT2D eigenvalue weighted by Crippen LogP contribution is -2.14. The number of carbonyl (C=O) groups is 1. The normalized spacial score (nSPS) is 11.9. The van der Waals surface area contributed by atoms with Crippen LogP contribution in [-0.4, -0.2) is 23.3 Å². The first-order valence-electron chi connectivity index (χ1n) is 5.12. The molecule has 1 atom stereocenters. The summed E-state index contributed by atoms with van der Waals surface area (Å²) >= 11 is 6.41. The number of nitrogens with two attached hydrogens (primary N) is 1. The van der Waals surface area contributed by atoms with Crippen LogP contribution < -0.4 is 5.73 Å². The quantitative estimate of drug-likeness (QED) is 0.655. The van der Waals surface area contributed by atoms with Gasteiger partial charge in [-0.15, -0.1) is 11.8 Å². The maximum Gasteiger partial charge on any atom is 0.318 e. The third kappa shape index (κ3) is 4.36. The van der Waals surface area contributed by atoms with Gasteiger partial charge in [0.1, 0.15) is 4.99 Å². The summed E-state index contributed by atoms with van der Waals surface area (Å²) < 4.78 is 4.66. The number of thioether (sulfide) groups is 1. The van der Waals surface area contributed by atoms with Crippen LogP contribution in [-0.2, 0) is 15.3 Å². The Morgan fingerprint density at radius 3 is 2.53 bits per heavy atom. The van der Waals surface area contributed by atoms with Gasteiger partial charge < -0.3 is 10.5 Å². The van der Waals surface area contributed by atoms with Crippen LogP contribution >= 0.6 is 24.0 Å². The second-order valence-corrected chi connectivity index (χ2v) is 5.31. The van der Waals surface area contributed by atoms with Gasteiger partial charge in [-0.3, -0.25) is 4.79 Å². The molecule has 1 unspecified atom stereocenters. The molecule has 0 aliphatic heterocycles. The molecule has 0 saturated carbocycles. The Labute approximate surface area is 111 Å². The van der Waals surface area contributed by atoms with Crippen molar-refractivity contribution in [3.05, 3.63) is 35.4 Å². The van der Waals surface area contributed by atoms with Crippen LogP contribution in [0.4, 0.5) is 0 Å². The SMILES string of the molecule is COC(=O)C(C)SCc1ccc(C(N)=S)cc1. The van der Waals surface area contributed by atoms with Crippen LogP contribution in [0.15, 0.2) is 24.3 Å². The number of benzene rings is 1. The lowest BCUT2D eigenvalue weighted by molar-refractivity contribution is -0.139. The summed E-state index contributed by atoms with van der Waals surface area (Å²) in [5.74, 6) is 0.559. The molecular formula is C12H15NO2S2. The third-order valence-corrected chi connectivity index (χ3v) is 3.70. The van der Waals surface area contributed by atoms with Gasteiger partial charge in [0.05, 0.1) is 12.4 Å². The molecule has 0 radical (unpaired) electrons. The number of ether oxygens (including phenoxy) is 1. The topological polar surface area (TPSA) is 52.3 Å². The highest BCUT2D eigenvalue weighted by Crippen LogP contribution is 2.18. The monoisotopic (exact) mass is 269 g/mol. The van der Waals surface area contributed by atoms with Crippen molar-refractivity contribution in [2.45, 2.75) is 17.9 Å². The number of rotatable bonds is 5. The van der Waals surface area contributed by atoms with Gasteiger partial charge in [0.25, 0.3) is 0 Å². The van der Waals surface area contributed by atoms with Crippen molar-refractivity contribution in [3.8, 4) is 0 Å². The van der Waals surface area contributed by atoms with Gasteiger partial charge in [0, 0.05) is 11.3 Å². The Hall–Kier alpha value is -1.07. The minimum atomic E-state index is -0.199. The summed E-state index contributed by atoms with van der Waals surface area (Å²) in [5.41, 5.74) is 7.50. The van der Waals surface area contributed by atoms with Crippen LogP contribution in [0.2, 0.25) is 0 Å². The van der Waals surface area contributed by atoms with E-state index in [1.807, 2.05) is 31.2 Å². The predicted molar refractivity (Wildman–Crippen MR) is 75.1 cm³/mol. The second-order valence-electron chi connectivity index (χ2n) is 3.54. The summed E-state index contributed by atoms with van der Waals surface area (Å²) in [4.78, 5) is 11.6. The molecule has 0 saturated heterocycles. The first kappa shape index (κ1) is 14.0. The van der Waals surface area contributed by atoms with E-state index in [-0.39, 0.29) is 11.2 Å². The Bertz CT molecular complexity index is 403. The van der Waals surface area contributed by atoms with Gasteiger partial charge in [-0.2, -0.15) is 0 Å². The van der Waals surface area contributed by atoms with E-state index in [2.05, 4.69) is 4.74 Å². The van der Waals surface area contributed by atoms with E-state index in [1.165, 1.54) is 18.9 Å². The second kappa shape index (κ2) is 6.61. The summed E-state index contributed by atoms with van der Waals surface area (Å²) in [6, 6.07) is 7.71. The number of methoxy groups -OCH3 is 1. The van der Waals surface area contributed by atoms with Gasteiger partial charge in [0.2, 0.25) is 0 Å². The van der Waals surface area contributed by atoms with Crippen LogP contribution in [0, 0.1) is 0 Å². The smallest absolute Gasteiger partial charge is 0.318 e. The summed E-state index contributed by atoms with van der Waals surface area (Å²) in [6.45, 7) is 1.83. The highest BCUT2D eigenvalue weighted by atomic mass is 32.2. The van der Waals surface area contributed by atoms with Crippen LogP contribution in [0.5, 0.6) is 0 Å². The van der Waals surface area contributed by atoms with Gasteiger partial charge >= 0.3 is 5.97 Å². The molecule has 92 valence electrons. The van der Waals surface area contributed by atoms with Gasteiger partial charge in [0.15, 0.2) is 0 Å². The first-order chi connectivity index (χ1) is 8.04. The van der Waals surface area contributed by atoms with Crippen molar-refractivity contribution in [3.63, 3.8) is 0 Å². The van der Waals surface area contributed by atoms with Crippen molar-refractivity contribution in [1.29, 1.82) is 0 Å². The first-order valence-corrected chi connectivity index (χ1v) is 6.58. The lowest BCUT2D eigenvalue weighted by atomic mass is 10.1. The van der Waals surface area contributed by atoms with Crippen LogP contribution in [0.1, 0.15) is 18.1 Å². The minimum absolute atomic E-state index is 0.157. The summed E-state index contributed by atoms with van der Waals surface area (Å²) in [7, 11) is 1.40. The maximum absolute atomic E-state index is 11.2. The Kier molecular flexibility index (Phi) is 5.44. The van der Waals surface area contributed by atoms with Crippen molar-refractivity contribution >= 4 is 34.9 Å². The summed E-state index contributed by atoms with van der Waals surface area (Å²) in [6.07, 6.45) is 0. The molecule has 0 amide bonds. The van der Waals surface area contributed by atoms with Gasteiger partial charge in [-0.05, 0) is 12.5 Å². The Morgan fingerprint density at radius 1 is 1.47 bits per heavy atom. The molecule has 0 fully saturated rings. The van der Waals surface area contributed by atoms with E-state index in [4.69, 9.17) is 18.0 Å². The molecule has 1 rings (SSSR count). The molecule has 0 aromatic heterocycles. The van der Waals surface area contributed by atoms with Crippen LogP contribution in [0.3, 0.4) is 0 Å². The zero-order valence-electron chi connectivity index (χ0n) is 9.80. The zero-order chi connectivity index (χ0) is 12.8. The van der Waals surface area contributed by atoms with E-state index >= 15 is 0 Å². The average Bonchev–Trinajstić information content (AvgIpc) is 2.35. The lowest BCUT2D eigenvalue weighted by Gasteiger charge is -2.08. The molecule has 1 aromatic carbocycles. The van der Waals surface area contributed by atoms with Gasteiger partial charge in [-0.1, -0.05) is 36.5 Å². The Balaban J connectivity index is 2.53. The fourth-order valence-corrected chi connectivity index (χ4v) is 2.22. The number of thiocarbonyl (C=S) groups is 1. The average molecular weight is 269 g/mol. The predicted octanol–water partition coefficient (Wildman–Crippen LogP) is 2.12. The van der Waals surface area contributed by atoms with Crippen molar-refractivity contribution in [1.82, 2.24) is 0 Å². The molecule has 0 heterocycles. The van der Waals surface area contributed by atoms with Crippen LogP contribution in [0.25, 0.3) is 0 Å². The van der Waals surface area contributed by atoms with Gasteiger partial charge in [-0.25, -0.2) is 0 Å². The van der Waals surface area contributed by atoms with Crippen molar-refractivity contribution < 1.29 is 9.53 Å². The molecule has 0 aliphatic carbocycles. The molecule has 2 N–H and O–H groups in total. The highest BCUT2D eigenvalue weighted by molar-refractivity contribution is 7.99. The molecule has 3 nitrogen and oxygen atoms in total. The number of hydrogen-bond acceptors (Lipinski definition) is 4. The molecule has 0 aliphatic rings. The molecular weight excluding hydrogens is 254 g/mol. The molecule has 0 spiro atoms. The third-order valence-electron chi connectivity index (χ3n) is 2.27. The minimum Gasteiger partial charge on any atom is -0.468 e. The molecule has 5 heteroatoms. The van der Waals surface area contributed by atoms with E-state index in [0.29, 0.717) is 4.99 Å². The standard InChI is InChI=1S/C12H15NO2S2/c1-8(12(14)15-2)17-7-9-3-5-10(6-4-9)11(13)16/h3-6,8H,7H2,1-2H3,(H2,13,16). The highest BCUT2D eigenvalue weighted by Gasteiger charge is 2.13. The number of hydrogen-bond donors (Lipinski definition) is 1. The Morgan fingerprint density at radius 2 is 2.06 bits per heavy atom. The maximum atomic E-state index is 11.2. The van der Waals surface area contributed by atoms with E-state index in [0.717, 1.165) is 16.9 Å². The largest absolute Gasteiger partial charge is 0.468 e. The zero-order valence-corrected chi connectivity index (χ0v) is 11.4. The van der Waals surface area contributed by atoms with E-state index in [9.17, 15) is 4.79 Å². The van der Waals surface area contributed by atoms with Crippen molar-refractivity contribution in [2.75, 3.05) is 7.11 Å². The number of carbonyl (C=O) groups excluding carboxylic acids is 1. The molecule has 1 aromatic rings. The molecule has 0 bridgehead atoms. The fourth-order valence-electron chi connectivity index (χ4n) is 1.22. The van der Waals surface area contributed by atoms with E-state index in [1.54, 1.807) is 0 Å². The molecule has 17 heavy (non-hydrogen) atoms. The fraction of sp³-hybridized carbons (Fsp3) is 0.333. The van der Waals surface area contributed by atoms with Crippen molar-refractivity contribution in [2.24, 2.45) is 5.73 Å². The van der Waals surface area contributed by atoms with E-state index < -0.39 is 0 Å².